The second-order valence-corrected chi connectivity index (χ2v) is 8.05. The molecule has 2 aromatic carbocycles. The van der Waals surface area contributed by atoms with E-state index in [9.17, 15) is 4.79 Å². The molecule has 0 aromatic heterocycles. The van der Waals surface area contributed by atoms with Crippen LogP contribution in [0.15, 0.2) is 36.4 Å². The van der Waals surface area contributed by atoms with Crippen LogP contribution in [0.2, 0.25) is 0 Å². The molecule has 1 aliphatic rings. The maximum absolute atomic E-state index is 12.8. The molecule has 4 heteroatoms. The third kappa shape index (κ3) is 4.93. The van der Waals surface area contributed by atoms with Crippen LogP contribution >= 0.6 is 0 Å². The molecule has 1 heterocycles. The van der Waals surface area contributed by atoms with E-state index in [-0.39, 0.29) is 5.91 Å². The predicted molar refractivity (Wildman–Crippen MR) is 114 cm³/mol. The van der Waals surface area contributed by atoms with Gasteiger partial charge in [0.1, 0.15) is 5.75 Å². The number of amides is 1. The number of rotatable bonds is 7. The highest BCUT2D eigenvalue weighted by atomic mass is 16.5. The van der Waals surface area contributed by atoms with E-state index in [0.29, 0.717) is 12.5 Å². The Labute approximate surface area is 168 Å². The van der Waals surface area contributed by atoms with Crippen LogP contribution in [0.4, 0.5) is 0 Å². The van der Waals surface area contributed by atoms with Gasteiger partial charge in [-0.2, -0.15) is 0 Å². The van der Waals surface area contributed by atoms with Crippen LogP contribution in [-0.4, -0.2) is 31.0 Å². The third-order valence-electron chi connectivity index (χ3n) is 5.49. The highest BCUT2D eigenvalue weighted by molar-refractivity contribution is 5.96. The lowest BCUT2D eigenvalue weighted by molar-refractivity contribution is 0.0950. The van der Waals surface area contributed by atoms with Crippen molar-refractivity contribution in [1.82, 2.24) is 10.2 Å². The maximum Gasteiger partial charge on any atom is 0.251 e. The fourth-order valence-corrected chi connectivity index (χ4v) is 3.89. The molecule has 1 aliphatic heterocycles. The molecule has 1 saturated heterocycles. The first kappa shape index (κ1) is 20.4. The van der Waals surface area contributed by atoms with Gasteiger partial charge in [-0.25, -0.2) is 0 Å². The van der Waals surface area contributed by atoms with Crippen molar-refractivity contribution in [2.24, 2.45) is 0 Å². The van der Waals surface area contributed by atoms with Crippen LogP contribution in [0.25, 0.3) is 0 Å². The number of nitrogens with zero attached hydrogens (tertiary/aromatic N) is 1. The van der Waals surface area contributed by atoms with Gasteiger partial charge < -0.3 is 10.1 Å². The van der Waals surface area contributed by atoms with Crippen LogP contribution in [0.1, 0.15) is 65.2 Å². The van der Waals surface area contributed by atoms with E-state index in [0.717, 1.165) is 34.5 Å². The number of methoxy groups -OCH3 is 1. The molecule has 0 spiro atoms. The minimum atomic E-state index is -0.0352. The molecule has 0 saturated carbocycles. The second kappa shape index (κ2) is 9.24. The fraction of sp³-hybridized carbons (Fsp3) is 0.458. The van der Waals surface area contributed by atoms with Gasteiger partial charge in [0.2, 0.25) is 0 Å². The Hall–Kier alpha value is -2.33. The molecule has 0 atom stereocenters. The topological polar surface area (TPSA) is 41.6 Å². The first-order valence-electron chi connectivity index (χ1n) is 10.2. The van der Waals surface area contributed by atoms with Gasteiger partial charge in [-0.1, -0.05) is 38.1 Å². The molecule has 1 fully saturated rings. The number of hydrogen-bond donors (Lipinski definition) is 1. The van der Waals surface area contributed by atoms with Gasteiger partial charge in [-0.05, 0) is 73.2 Å². The minimum absolute atomic E-state index is 0.0352. The van der Waals surface area contributed by atoms with Gasteiger partial charge in [0, 0.05) is 18.7 Å². The second-order valence-electron chi connectivity index (χ2n) is 8.05. The van der Waals surface area contributed by atoms with Crippen molar-refractivity contribution in [3.63, 3.8) is 0 Å². The molecule has 2 aromatic rings. The van der Waals surface area contributed by atoms with Crippen molar-refractivity contribution in [2.75, 3.05) is 20.2 Å². The van der Waals surface area contributed by atoms with Crippen LogP contribution in [0.3, 0.4) is 0 Å². The Bertz CT molecular complexity index is 823. The van der Waals surface area contributed by atoms with Crippen LogP contribution in [-0.2, 0) is 13.1 Å². The summed E-state index contributed by atoms with van der Waals surface area (Å²) >= 11 is 0. The standard InChI is InChI=1S/C24H32N2O2/c1-17(2)21-14-22(18(3)12-23(21)28-4)24(27)25-15-19-8-7-9-20(13-19)16-26-10-5-6-11-26/h7-9,12-14,17H,5-6,10-11,15-16H2,1-4H3,(H,25,27). The van der Waals surface area contributed by atoms with Gasteiger partial charge in [-0.15, -0.1) is 0 Å². The number of ether oxygens (including phenoxy) is 1. The highest BCUT2D eigenvalue weighted by Gasteiger charge is 2.16. The average molecular weight is 381 g/mol. The fourth-order valence-electron chi connectivity index (χ4n) is 3.89. The molecule has 3 rings (SSSR count). The zero-order chi connectivity index (χ0) is 20.1. The van der Waals surface area contributed by atoms with Crippen LogP contribution < -0.4 is 10.1 Å². The predicted octanol–water partition coefficient (Wildman–Crippen LogP) is 4.65. The Kier molecular flexibility index (Phi) is 6.74. The Balaban J connectivity index is 1.68. The molecule has 0 bridgehead atoms. The molecular weight excluding hydrogens is 348 g/mol. The monoisotopic (exact) mass is 380 g/mol. The van der Waals surface area contributed by atoms with Crippen molar-refractivity contribution < 1.29 is 9.53 Å². The number of carbonyl (C=O) groups excluding carboxylic acids is 1. The van der Waals surface area contributed by atoms with Crippen molar-refractivity contribution >= 4 is 5.91 Å². The van der Waals surface area contributed by atoms with E-state index in [2.05, 4.69) is 48.3 Å². The average Bonchev–Trinajstić information content (AvgIpc) is 3.18. The number of likely N-dealkylation sites (tertiary alicyclic amines) is 1. The third-order valence-corrected chi connectivity index (χ3v) is 5.49. The number of carbonyl (C=O) groups is 1. The largest absolute Gasteiger partial charge is 0.496 e. The zero-order valence-electron chi connectivity index (χ0n) is 17.5. The summed E-state index contributed by atoms with van der Waals surface area (Å²) in [4.78, 5) is 15.3. The Morgan fingerprint density at radius 3 is 2.54 bits per heavy atom. The number of nitrogens with one attached hydrogen (secondary N) is 1. The Morgan fingerprint density at radius 2 is 1.86 bits per heavy atom. The molecule has 1 N–H and O–H groups in total. The lowest BCUT2D eigenvalue weighted by Crippen LogP contribution is -2.24. The molecule has 0 unspecified atom stereocenters. The number of hydrogen-bond acceptors (Lipinski definition) is 3. The van der Waals surface area contributed by atoms with E-state index in [1.54, 1.807) is 7.11 Å². The molecular formula is C24H32N2O2. The van der Waals surface area contributed by atoms with Gasteiger partial charge in [-0.3, -0.25) is 9.69 Å². The summed E-state index contributed by atoms with van der Waals surface area (Å²) in [5.41, 5.74) is 5.17. The quantitative estimate of drug-likeness (QED) is 0.760. The summed E-state index contributed by atoms with van der Waals surface area (Å²) in [5.74, 6) is 1.11. The van der Waals surface area contributed by atoms with Gasteiger partial charge >= 0.3 is 0 Å². The van der Waals surface area contributed by atoms with Gasteiger partial charge in [0.25, 0.3) is 5.91 Å². The van der Waals surface area contributed by atoms with Gasteiger partial charge in [0.05, 0.1) is 7.11 Å². The molecule has 4 nitrogen and oxygen atoms in total. The molecule has 150 valence electrons. The summed E-state index contributed by atoms with van der Waals surface area (Å²) in [7, 11) is 1.68. The SMILES string of the molecule is COc1cc(C)c(C(=O)NCc2cccc(CN3CCCC3)c2)cc1C(C)C. The van der Waals surface area contributed by atoms with E-state index in [4.69, 9.17) is 4.74 Å². The van der Waals surface area contributed by atoms with E-state index < -0.39 is 0 Å². The van der Waals surface area contributed by atoms with Crippen molar-refractivity contribution in [2.45, 2.75) is 52.6 Å². The van der Waals surface area contributed by atoms with Crippen LogP contribution in [0, 0.1) is 6.92 Å². The zero-order valence-corrected chi connectivity index (χ0v) is 17.5. The molecule has 0 radical (unpaired) electrons. The smallest absolute Gasteiger partial charge is 0.251 e. The minimum Gasteiger partial charge on any atom is -0.496 e. The first-order valence-corrected chi connectivity index (χ1v) is 10.2. The summed E-state index contributed by atoms with van der Waals surface area (Å²) in [6, 6.07) is 12.5. The lowest BCUT2D eigenvalue weighted by Gasteiger charge is -2.17. The van der Waals surface area contributed by atoms with Crippen LogP contribution in [0.5, 0.6) is 5.75 Å². The van der Waals surface area contributed by atoms with E-state index >= 15 is 0 Å². The Morgan fingerprint density at radius 1 is 1.14 bits per heavy atom. The number of aryl methyl sites for hydroxylation is 1. The summed E-state index contributed by atoms with van der Waals surface area (Å²) in [6.45, 7) is 10.1. The summed E-state index contributed by atoms with van der Waals surface area (Å²) < 4.78 is 5.48. The highest BCUT2D eigenvalue weighted by Crippen LogP contribution is 2.29. The van der Waals surface area contributed by atoms with Crippen molar-refractivity contribution in [3.05, 3.63) is 64.2 Å². The normalized spacial score (nSPS) is 14.5. The molecule has 28 heavy (non-hydrogen) atoms. The van der Waals surface area contributed by atoms with Crippen molar-refractivity contribution in [3.8, 4) is 5.75 Å². The maximum atomic E-state index is 12.8. The lowest BCUT2D eigenvalue weighted by atomic mass is 9.96. The summed E-state index contributed by atoms with van der Waals surface area (Å²) in [5, 5.41) is 3.09. The van der Waals surface area contributed by atoms with E-state index in [1.165, 1.54) is 31.5 Å². The molecule has 0 aliphatic carbocycles. The first-order chi connectivity index (χ1) is 13.5. The van der Waals surface area contributed by atoms with Crippen molar-refractivity contribution in [1.29, 1.82) is 0 Å². The van der Waals surface area contributed by atoms with E-state index in [1.807, 2.05) is 19.1 Å². The summed E-state index contributed by atoms with van der Waals surface area (Å²) in [6.07, 6.45) is 2.60. The van der Waals surface area contributed by atoms with Gasteiger partial charge in [0.15, 0.2) is 0 Å². The molecule has 1 amide bonds. The number of benzene rings is 2.